The van der Waals surface area contributed by atoms with Crippen LogP contribution in [-0.4, -0.2) is 4.57 Å². The molecule has 0 N–H and O–H groups in total. The van der Waals surface area contributed by atoms with E-state index < -0.39 is 0 Å². The van der Waals surface area contributed by atoms with E-state index >= 15 is 0 Å². The average molecular weight is 259 g/mol. The van der Waals surface area contributed by atoms with Crippen molar-refractivity contribution in [2.45, 2.75) is 20.3 Å². The van der Waals surface area contributed by atoms with Gasteiger partial charge in [0, 0.05) is 22.3 Å². The lowest BCUT2D eigenvalue weighted by Gasteiger charge is -2.10. The summed E-state index contributed by atoms with van der Waals surface area (Å²) in [6.07, 6.45) is 1.00. The number of aryl methyl sites for hydroxylation is 1. The van der Waals surface area contributed by atoms with Gasteiger partial charge in [0.05, 0.1) is 5.52 Å². The van der Waals surface area contributed by atoms with E-state index in [4.69, 9.17) is 0 Å². The maximum Gasteiger partial charge on any atom is 0.0687 e. The first-order valence-electron chi connectivity index (χ1n) is 6.96. The van der Waals surface area contributed by atoms with Crippen LogP contribution in [0.4, 0.5) is 0 Å². The highest BCUT2D eigenvalue weighted by molar-refractivity contribution is 5.88. The zero-order valence-electron chi connectivity index (χ0n) is 11.9. The minimum absolute atomic E-state index is 1.00. The second-order valence-electron chi connectivity index (χ2n) is 4.78. The maximum absolute atomic E-state index is 3.23. The Kier molecular flexibility index (Phi) is 3.31. The highest BCUT2D eigenvalue weighted by atomic mass is 15.0. The highest BCUT2D eigenvalue weighted by Gasteiger charge is 2.11. The third kappa shape index (κ3) is 2.00. The summed E-state index contributed by atoms with van der Waals surface area (Å²) in [5, 5.41) is 1.26. The normalized spacial score (nSPS) is 10.3. The number of rotatable bonds is 2. The topological polar surface area (TPSA) is 4.93 Å². The lowest BCUT2D eigenvalue weighted by molar-refractivity contribution is 0.960. The lowest BCUT2D eigenvalue weighted by atomic mass is 10.1. The quantitative estimate of drug-likeness (QED) is 0.594. The molecule has 0 aliphatic heterocycles. The van der Waals surface area contributed by atoms with Gasteiger partial charge in [-0.25, -0.2) is 0 Å². The van der Waals surface area contributed by atoms with Gasteiger partial charge in [0.15, 0.2) is 0 Å². The second kappa shape index (κ2) is 5.27. The van der Waals surface area contributed by atoms with E-state index in [1.54, 1.807) is 0 Å². The van der Waals surface area contributed by atoms with Crippen LogP contribution in [0.15, 0.2) is 54.6 Å². The van der Waals surface area contributed by atoms with Gasteiger partial charge in [-0.1, -0.05) is 43.2 Å². The molecule has 1 aromatic heterocycles. The Morgan fingerprint density at radius 1 is 1.00 bits per heavy atom. The van der Waals surface area contributed by atoms with E-state index in [-0.39, 0.29) is 0 Å². The van der Waals surface area contributed by atoms with Gasteiger partial charge in [-0.05, 0) is 37.6 Å². The Labute approximate surface area is 119 Å². The summed E-state index contributed by atoms with van der Waals surface area (Å²) in [6.45, 7) is 4.08. The number of hydrogen-bond acceptors (Lipinski definition) is 0. The maximum atomic E-state index is 3.23. The molecule has 3 aromatic rings. The summed E-state index contributed by atoms with van der Waals surface area (Å²) in [7, 11) is 0. The van der Waals surface area contributed by atoms with Gasteiger partial charge in [0.1, 0.15) is 0 Å². The van der Waals surface area contributed by atoms with Crippen LogP contribution in [0, 0.1) is 11.8 Å². The molecule has 1 heterocycles. The van der Waals surface area contributed by atoms with E-state index in [1.807, 2.05) is 13.0 Å². The number of hydrogen-bond donors (Lipinski definition) is 0. The van der Waals surface area contributed by atoms with Crippen molar-refractivity contribution in [2.75, 3.05) is 0 Å². The minimum atomic E-state index is 1.00. The molecular formula is C19H17N. The SMILES string of the molecule is CC#Cc1cccc2cc(CC)n(-c3ccccc3)c12. The summed E-state index contributed by atoms with van der Waals surface area (Å²) in [6, 6.07) is 19.1. The Morgan fingerprint density at radius 2 is 1.80 bits per heavy atom. The van der Waals surface area contributed by atoms with Crippen LogP contribution >= 0.6 is 0 Å². The summed E-state index contributed by atoms with van der Waals surface area (Å²) in [5.41, 5.74) is 4.82. The number of para-hydroxylation sites is 2. The van der Waals surface area contributed by atoms with Gasteiger partial charge in [0.25, 0.3) is 0 Å². The fourth-order valence-electron chi connectivity index (χ4n) is 2.68. The molecule has 3 rings (SSSR count). The molecular weight excluding hydrogens is 242 g/mol. The Balaban J connectivity index is 2.41. The van der Waals surface area contributed by atoms with E-state index in [0.717, 1.165) is 12.0 Å². The molecule has 0 spiro atoms. The Morgan fingerprint density at radius 3 is 2.50 bits per heavy atom. The summed E-state index contributed by atoms with van der Waals surface area (Å²) in [4.78, 5) is 0. The fourth-order valence-corrected chi connectivity index (χ4v) is 2.68. The molecule has 1 heteroatoms. The predicted molar refractivity (Wildman–Crippen MR) is 85.2 cm³/mol. The van der Waals surface area contributed by atoms with Crippen molar-refractivity contribution in [1.82, 2.24) is 4.57 Å². The molecule has 2 aromatic carbocycles. The summed E-state index contributed by atoms with van der Waals surface area (Å²) in [5.74, 6) is 6.25. The molecule has 0 aliphatic carbocycles. The first-order chi connectivity index (χ1) is 9.85. The molecule has 0 radical (unpaired) electrons. The second-order valence-corrected chi connectivity index (χ2v) is 4.78. The molecule has 0 bridgehead atoms. The van der Waals surface area contributed by atoms with E-state index in [2.05, 4.69) is 71.9 Å². The zero-order chi connectivity index (χ0) is 13.9. The lowest BCUT2D eigenvalue weighted by Crippen LogP contribution is -1.99. The van der Waals surface area contributed by atoms with Crippen molar-refractivity contribution in [3.8, 4) is 17.5 Å². The third-order valence-electron chi connectivity index (χ3n) is 3.54. The van der Waals surface area contributed by atoms with Crippen molar-refractivity contribution < 1.29 is 0 Å². The molecule has 98 valence electrons. The van der Waals surface area contributed by atoms with Crippen molar-refractivity contribution in [1.29, 1.82) is 0 Å². The molecule has 0 aliphatic rings. The van der Waals surface area contributed by atoms with E-state index in [1.165, 1.54) is 22.3 Å². The van der Waals surface area contributed by atoms with Crippen LogP contribution < -0.4 is 0 Å². The van der Waals surface area contributed by atoms with Crippen LogP contribution in [0.5, 0.6) is 0 Å². The molecule has 0 fully saturated rings. The smallest absolute Gasteiger partial charge is 0.0687 e. The zero-order valence-corrected chi connectivity index (χ0v) is 11.9. The molecule has 20 heavy (non-hydrogen) atoms. The van der Waals surface area contributed by atoms with Gasteiger partial charge in [0.2, 0.25) is 0 Å². The highest BCUT2D eigenvalue weighted by Crippen LogP contribution is 2.27. The Hall–Kier alpha value is -2.46. The van der Waals surface area contributed by atoms with Gasteiger partial charge in [-0.15, -0.1) is 5.92 Å². The largest absolute Gasteiger partial charge is 0.312 e. The number of nitrogens with zero attached hydrogens (tertiary/aromatic N) is 1. The van der Waals surface area contributed by atoms with Gasteiger partial charge in [-0.2, -0.15) is 0 Å². The van der Waals surface area contributed by atoms with E-state index in [0.29, 0.717) is 0 Å². The van der Waals surface area contributed by atoms with Gasteiger partial charge < -0.3 is 4.57 Å². The fraction of sp³-hybridized carbons (Fsp3) is 0.158. The molecule has 1 nitrogen and oxygen atoms in total. The number of aromatic nitrogens is 1. The minimum Gasteiger partial charge on any atom is -0.312 e. The van der Waals surface area contributed by atoms with Crippen LogP contribution in [0.3, 0.4) is 0 Å². The first kappa shape index (κ1) is 12.6. The molecule has 0 saturated heterocycles. The molecule has 0 saturated carbocycles. The third-order valence-corrected chi connectivity index (χ3v) is 3.54. The van der Waals surface area contributed by atoms with Crippen LogP contribution in [0.25, 0.3) is 16.6 Å². The van der Waals surface area contributed by atoms with Crippen LogP contribution in [-0.2, 0) is 6.42 Å². The number of fused-ring (bicyclic) bond motifs is 1. The van der Waals surface area contributed by atoms with E-state index in [9.17, 15) is 0 Å². The molecule has 0 amide bonds. The predicted octanol–water partition coefficient (Wildman–Crippen LogP) is 4.56. The van der Waals surface area contributed by atoms with Crippen LogP contribution in [0.1, 0.15) is 25.1 Å². The van der Waals surface area contributed by atoms with Crippen molar-refractivity contribution in [2.24, 2.45) is 0 Å². The van der Waals surface area contributed by atoms with Crippen molar-refractivity contribution in [3.63, 3.8) is 0 Å². The van der Waals surface area contributed by atoms with Gasteiger partial charge in [-0.3, -0.25) is 0 Å². The molecule has 0 atom stereocenters. The van der Waals surface area contributed by atoms with Gasteiger partial charge >= 0.3 is 0 Å². The van der Waals surface area contributed by atoms with Crippen molar-refractivity contribution in [3.05, 3.63) is 65.9 Å². The molecule has 0 unspecified atom stereocenters. The first-order valence-corrected chi connectivity index (χ1v) is 6.96. The monoisotopic (exact) mass is 259 g/mol. The number of benzene rings is 2. The van der Waals surface area contributed by atoms with Crippen LogP contribution in [0.2, 0.25) is 0 Å². The summed E-state index contributed by atoms with van der Waals surface area (Å²) >= 11 is 0. The standard InChI is InChI=1S/C19H17N/c1-3-9-15-10-8-11-16-14-17(4-2)20(19(15)16)18-12-6-5-7-13-18/h5-8,10-14H,4H2,1-2H3. The average Bonchev–Trinajstić information content (AvgIpc) is 2.88. The summed E-state index contributed by atoms with van der Waals surface area (Å²) < 4.78 is 2.33. The Bertz CT molecular complexity index is 798. The van der Waals surface area contributed by atoms with Crippen molar-refractivity contribution >= 4 is 10.9 Å².